The van der Waals surface area contributed by atoms with Crippen molar-refractivity contribution in [2.24, 2.45) is 0 Å². The fourth-order valence-electron chi connectivity index (χ4n) is 3.08. The number of anilines is 1. The van der Waals surface area contributed by atoms with Crippen molar-refractivity contribution in [2.45, 2.75) is 26.3 Å². The van der Waals surface area contributed by atoms with Crippen molar-refractivity contribution in [3.63, 3.8) is 0 Å². The Labute approximate surface area is 158 Å². The van der Waals surface area contributed by atoms with Gasteiger partial charge in [0.2, 0.25) is 11.8 Å². The second-order valence-electron chi connectivity index (χ2n) is 6.59. The third-order valence-corrected chi connectivity index (χ3v) is 4.42. The van der Waals surface area contributed by atoms with E-state index < -0.39 is 6.04 Å². The summed E-state index contributed by atoms with van der Waals surface area (Å²) in [6, 6.07) is 17.9. The summed E-state index contributed by atoms with van der Waals surface area (Å²) in [6.45, 7) is 3.42. The van der Waals surface area contributed by atoms with Crippen molar-refractivity contribution < 1.29 is 14.7 Å². The first kappa shape index (κ1) is 18.5. The minimum Gasteiger partial charge on any atom is -0.507 e. The third-order valence-electron chi connectivity index (χ3n) is 4.42. The number of amides is 2. The molecule has 5 heteroatoms. The summed E-state index contributed by atoms with van der Waals surface area (Å²) in [5.41, 5.74) is 2.61. The minimum atomic E-state index is -0.411. The molecule has 0 fully saturated rings. The van der Waals surface area contributed by atoms with Crippen LogP contribution in [0.15, 0.2) is 60.7 Å². The van der Waals surface area contributed by atoms with Gasteiger partial charge in [-0.25, -0.2) is 0 Å². The van der Waals surface area contributed by atoms with Crippen molar-refractivity contribution in [3.05, 3.63) is 71.8 Å². The van der Waals surface area contributed by atoms with Crippen LogP contribution < -0.4 is 10.6 Å². The van der Waals surface area contributed by atoms with E-state index in [0.29, 0.717) is 11.1 Å². The van der Waals surface area contributed by atoms with Gasteiger partial charge in [-0.1, -0.05) is 54.1 Å². The van der Waals surface area contributed by atoms with Gasteiger partial charge in [0.05, 0.1) is 12.5 Å². The van der Waals surface area contributed by atoms with Crippen molar-refractivity contribution in [1.82, 2.24) is 5.32 Å². The van der Waals surface area contributed by atoms with E-state index in [2.05, 4.69) is 10.6 Å². The van der Waals surface area contributed by atoms with Crippen LogP contribution in [0.5, 0.6) is 5.75 Å². The number of benzene rings is 3. The molecule has 3 N–H and O–H groups in total. The van der Waals surface area contributed by atoms with Gasteiger partial charge in [0, 0.05) is 23.4 Å². The van der Waals surface area contributed by atoms with Crippen LogP contribution >= 0.6 is 0 Å². The van der Waals surface area contributed by atoms with E-state index in [1.807, 2.05) is 49.4 Å². The predicted octanol–water partition coefficient (Wildman–Crippen LogP) is 4.06. The molecule has 2 amide bonds. The lowest BCUT2D eigenvalue weighted by Gasteiger charge is -2.19. The number of carbonyl (C=O) groups is 2. The molecule has 0 aliphatic heterocycles. The number of hydrogen-bond acceptors (Lipinski definition) is 3. The third kappa shape index (κ3) is 4.44. The van der Waals surface area contributed by atoms with Gasteiger partial charge >= 0.3 is 0 Å². The molecule has 0 unspecified atom stereocenters. The standard InChI is InChI=1S/C22H22N2O3/c1-14-7-9-16(10-8-14)20(23-15(2)25)13-22(27)24-19-11-12-21(26)18-6-4-3-5-17(18)19/h3-12,20,26H,13H2,1-2H3,(H,23,25)(H,24,27)/t20-/m1/s1. The maximum Gasteiger partial charge on any atom is 0.226 e. The molecule has 3 rings (SSSR count). The zero-order valence-corrected chi connectivity index (χ0v) is 15.3. The molecule has 0 bridgehead atoms. The Balaban J connectivity index is 1.81. The number of phenols is 1. The summed E-state index contributed by atoms with van der Waals surface area (Å²) in [6.07, 6.45) is 0.109. The number of carbonyl (C=O) groups excluding carboxylic acids is 2. The predicted molar refractivity (Wildman–Crippen MR) is 107 cm³/mol. The second kappa shape index (κ2) is 7.91. The highest BCUT2D eigenvalue weighted by atomic mass is 16.3. The average Bonchev–Trinajstić information content (AvgIpc) is 2.64. The largest absolute Gasteiger partial charge is 0.507 e. The molecular formula is C22H22N2O3. The zero-order valence-electron chi connectivity index (χ0n) is 15.3. The molecule has 0 heterocycles. The number of hydrogen-bond donors (Lipinski definition) is 3. The van der Waals surface area contributed by atoms with Gasteiger partial charge in [-0.3, -0.25) is 9.59 Å². The van der Waals surface area contributed by atoms with Crippen molar-refractivity contribution in [2.75, 3.05) is 5.32 Å². The van der Waals surface area contributed by atoms with Crippen molar-refractivity contribution in [3.8, 4) is 5.75 Å². The van der Waals surface area contributed by atoms with E-state index in [0.717, 1.165) is 16.5 Å². The number of fused-ring (bicyclic) bond motifs is 1. The Morgan fingerprint density at radius 3 is 2.30 bits per heavy atom. The van der Waals surface area contributed by atoms with Gasteiger partial charge in [0.25, 0.3) is 0 Å². The van der Waals surface area contributed by atoms with E-state index in [-0.39, 0.29) is 24.0 Å². The molecule has 0 aliphatic rings. The smallest absolute Gasteiger partial charge is 0.226 e. The fourth-order valence-corrected chi connectivity index (χ4v) is 3.08. The number of aryl methyl sites for hydroxylation is 1. The normalized spacial score (nSPS) is 11.8. The van der Waals surface area contributed by atoms with Crippen LogP contribution in [0.25, 0.3) is 10.8 Å². The van der Waals surface area contributed by atoms with E-state index in [1.165, 1.54) is 6.92 Å². The molecule has 5 nitrogen and oxygen atoms in total. The number of rotatable bonds is 5. The summed E-state index contributed by atoms with van der Waals surface area (Å²) in [5.74, 6) is -0.243. The molecule has 138 valence electrons. The van der Waals surface area contributed by atoms with Gasteiger partial charge in [0.15, 0.2) is 0 Å². The summed E-state index contributed by atoms with van der Waals surface area (Å²) < 4.78 is 0. The molecule has 0 spiro atoms. The summed E-state index contributed by atoms with van der Waals surface area (Å²) in [4.78, 5) is 24.2. The molecule has 0 aromatic heterocycles. The molecule has 0 radical (unpaired) electrons. The topological polar surface area (TPSA) is 78.4 Å². The van der Waals surface area contributed by atoms with Crippen LogP contribution in [-0.2, 0) is 9.59 Å². The van der Waals surface area contributed by atoms with Gasteiger partial charge < -0.3 is 15.7 Å². The highest BCUT2D eigenvalue weighted by Gasteiger charge is 2.18. The van der Waals surface area contributed by atoms with Crippen LogP contribution in [0.4, 0.5) is 5.69 Å². The summed E-state index contributed by atoms with van der Waals surface area (Å²) in [5, 5.41) is 17.2. The highest BCUT2D eigenvalue weighted by molar-refractivity contribution is 6.04. The number of aromatic hydroxyl groups is 1. The van der Waals surface area contributed by atoms with Gasteiger partial charge in [0.1, 0.15) is 5.75 Å². The summed E-state index contributed by atoms with van der Waals surface area (Å²) >= 11 is 0. The molecule has 27 heavy (non-hydrogen) atoms. The Morgan fingerprint density at radius 2 is 1.63 bits per heavy atom. The Bertz CT molecular complexity index is 981. The second-order valence-corrected chi connectivity index (χ2v) is 6.59. The molecule has 0 aliphatic carbocycles. The van der Waals surface area contributed by atoms with Crippen LogP contribution in [-0.4, -0.2) is 16.9 Å². The molecule has 0 saturated carbocycles. The van der Waals surface area contributed by atoms with Crippen molar-refractivity contribution >= 4 is 28.3 Å². The number of nitrogens with one attached hydrogen (secondary N) is 2. The molecule has 3 aromatic carbocycles. The lowest BCUT2D eigenvalue weighted by molar-refractivity contribution is -0.120. The number of phenolic OH excluding ortho intramolecular Hbond substituents is 1. The van der Waals surface area contributed by atoms with Crippen LogP contribution in [0.2, 0.25) is 0 Å². The maximum atomic E-state index is 12.6. The fraction of sp³-hybridized carbons (Fsp3) is 0.182. The molecular weight excluding hydrogens is 340 g/mol. The lowest BCUT2D eigenvalue weighted by Crippen LogP contribution is -2.29. The molecule has 1 atom stereocenters. The average molecular weight is 362 g/mol. The first-order valence-electron chi connectivity index (χ1n) is 8.78. The van der Waals surface area contributed by atoms with E-state index >= 15 is 0 Å². The Hall–Kier alpha value is -3.34. The molecule has 0 saturated heterocycles. The zero-order chi connectivity index (χ0) is 19.4. The van der Waals surface area contributed by atoms with E-state index in [4.69, 9.17) is 0 Å². The Kier molecular flexibility index (Phi) is 5.41. The van der Waals surface area contributed by atoms with Crippen LogP contribution in [0.1, 0.15) is 30.5 Å². The quantitative estimate of drug-likeness (QED) is 0.599. The van der Waals surface area contributed by atoms with Gasteiger partial charge in [-0.2, -0.15) is 0 Å². The van der Waals surface area contributed by atoms with E-state index in [1.54, 1.807) is 18.2 Å². The highest BCUT2D eigenvalue weighted by Crippen LogP contribution is 2.31. The lowest BCUT2D eigenvalue weighted by atomic mass is 10.0. The van der Waals surface area contributed by atoms with Gasteiger partial charge in [-0.05, 0) is 24.6 Å². The SMILES string of the molecule is CC(=O)N[C@H](CC(=O)Nc1ccc(O)c2ccccc12)c1ccc(C)cc1. The monoisotopic (exact) mass is 362 g/mol. The van der Waals surface area contributed by atoms with Gasteiger partial charge in [-0.15, -0.1) is 0 Å². The van der Waals surface area contributed by atoms with Crippen LogP contribution in [0.3, 0.4) is 0 Å². The maximum absolute atomic E-state index is 12.6. The molecule has 3 aromatic rings. The van der Waals surface area contributed by atoms with E-state index in [9.17, 15) is 14.7 Å². The van der Waals surface area contributed by atoms with Crippen molar-refractivity contribution in [1.29, 1.82) is 0 Å². The first-order chi connectivity index (χ1) is 12.9. The summed E-state index contributed by atoms with van der Waals surface area (Å²) in [7, 11) is 0. The van der Waals surface area contributed by atoms with Crippen LogP contribution in [0, 0.1) is 6.92 Å². The first-order valence-corrected chi connectivity index (χ1v) is 8.78. The minimum absolute atomic E-state index is 0.109. The Morgan fingerprint density at radius 1 is 0.963 bits per heavy atom.